The van der Waals surface area contributed by atoms with E-state index < -0.39 is 7.14 Å². The molecule has 2 aliphatic heterocycles. The van der Waals surface area contributed by atoms with Gasteiger partial charge in [-0.1, -0.05) is 24.3 Å². The Balaban J connectivity index is 1.09. The maximum absolute atomic E-state index is 12.5. The summed E-state index contributed by atoms with van der Waals surface area (Å²) >= 11 is 3.65. The second-order valence-corrected chi connectivity index (χ2v) is 18.3. The number of piperazine rings is 1. The van der Waals surface area contributed by atoms with Gasteiger partial charge in [-0.05, 0) is 73.3 Å². The number of halogens is 1. The lowest BCUT2D eigenvalue weighted by Gasteiger charge is -2.43. The average Bonchev–Trinajstić information content (AvgIpc) is 3.73. The first-order chi connectivity index (χ1) is 23.6. The number of hydrogen-bond acceptors (Lipinski definition) is 9. The molecule has 2 N–H and O–H groups in total. The van der Waals surface area contributed by atoms with E-state index in [0.717, 1.165) is 96.7 Å². The van der Waals surface area contributed by atoms with E-state index in [1.807, 2.05) is 25.5 Å². The number of aryl methyl sites for hydroxylation is 1. The summed E-state index contributed by atoms with van der Waals surface area (Å²) in [7, 11) is 3.74. The number of anilines is 4. The molecule has 3 aliphatic rings. The molecule has 2 aromatic heterocycles. The summed E-state index contributed by atoms with van der Waals surface area (Å²) in [6.07, 6.45) is 9.39. The molecule has 4 aromatic rings. The van der Waals surface area contributed by atoms with Crippen molar-refractivity contribution in [2.45, 2.75) is 37.3 Å². The van der Waals surface area contributed by atoms with Gasteiger partial charge in [-0.3, -0.25) is 4.90 Å². The number of aromatic nitrogens is 3. The van der Waals surface area contributed by atoms with Gasteiger partial charge in [0, 0.05) is 111 Å². The average molecular weight is 748 g/mol. The SMILES string of the molecule is COc1cc(N2CCC(N3CCN(C)CC3)CC2)c(-c2ccn(C)c2)cc1Nc1ncc(Br)c(NC2CC2c2ccc(P(C)(C)=O)cc2)n1. The van der Waals surface area contributed by atoms with E-state index in [-0.39, 0.29) is 6.04 Å². The normalized spacial score (nSPS) is 20.7. The molecule has 12 heteroatoms. The van der Waals surface area contributed by atoms with Gasteiger partial charge in [0.25, 0.3) is 0 Å². The van der Waals surface area contributed by atoms with Crippen LogP contribution in [0.4, 0.5) is 23.1 Å². The molecule has 1 aliphatic carbocycles. The Morgan fingerprint density at radius 1 is 0.980 bits per heavy atom. The zero-order valence-electron chi connectivity index (χ0n) is 29.2. The molecular weight excluding hydrogens is 699 g/mol. The molecule has 0 bridgehead atoms. The molecule has 2 atom stereocenters. The minimum atomic E-state index is -2.26. The van der Waals surface area contributed by atoms with Gasteiger partial charge >= 0.3 is 0 Å². The molecule has 3 fully saturated rings. The highest BCUT2D eigenvalue weighted by molar-refractivity contribution is 9.10. The van der Waals surface area contributed by atoms with E-state index in [9.17, 15) is 4.57 Å². The van der Waals surface area contributed by atoms with E-state index in [0.29, 0.717) is 17.9 Å². The molecule has 1 saturated carbocycles. The van der Waals surface area contributed by atoms with Gasteiger partial charge in [0.05, 0.1) is 17.3 Å². The van der Waals surface area contributed by atoms with Crippen molar-refractivity contribution in [2.24, 2.45) is 7.05 Å². The molecule has 2 saturated heterocycles. The molecular formula is C37H48BrN8O2P. The second-order valence-electron chi connectivity index (χ2n) is 14.2. The molecule has 4 heterocycles. The second kappa shape index (κ2) is 14.1. The Kier molecular flexibility index (Phi) is 9.81. The van der Waals surface area contributed by atoms with Gasteiger partial charge in [-0.2, -0.15) is 4.98 Å². The summed E-state index contributed by atoms with van der Waals surface area (Å²) in [6, 6.07) is 15.7. The number of likely N-dealkylation sites (N-methyl/N-ethyl adjacent to an activating group) is 1. The Morgan fingerprint density at radius 2 is 1.71 bits per heavy atom. The first-order valence-electron chi connectivity index (χ1n) is 17.3. The van der Waals surface area contributed by atoms with Crippen molar-refractivity contribution in [1.82, 2.24) is 24.3 Å². The van der Waals surface area contributed by atoms with Crippen LogP contribution >= 0.6 is 23.1 Å². The van der Waals surface area contributed by atoms with Crippen LogP contribution in [-0.2, 0) is 11.6 Å². The lowest BCUT2D eigenvalue weighted by Crippen LogP contribution is -2.52. The maximum atomic E-state index is 12.5. The van der Waals surface area contributed by atoms with Crippen molar-refractivity contribution in [2.75, 3.05) is 82.3 Å². The van der Waals surface area contributed by atoms with Crippen LogP contribution in [0, 0.1) is 0 Å². The molecule has 10 nitrogen and oxygen atoms in total. The largest absolute Gasteiger partial charge is 0.494 e. The molecule has 260 valence electrons. The molecule has 0 spiro atoms. The van der Waals surface area contributed by atoms with Crippen LogP contribution in [0.1, 0.15) is 30.7 Å². The van der Waals surface area contributed by atoms with E-state index in [2.05, 4.69) is 108 Å². The smallest absolute Gasteiger partial charge is 0.229 e. The molecule has 0 amide bonds. The Labute approximate surface area is 298 Å². The van der Waals surface area contributed by atoms with Crippen LogP contribution in [-0.4, -0.2) is 103 Å². The molecule has 2 aromatic carbocycles. The third kappa shape index (κ3) is 7.70. The Bertz CT molecular complexity index is 1830. The summed E-state index contributed by atoms with van der Waals surface area (Å²) in [6.45, 7) is 10.3. The third-order valence-corrected chi connectivity index (χ3v) is 12.5. The lowest BCUT2D eigenvalue weighted by atomic mass is 9.98. The predicted molar refractivity (Wildman–Crippen MR) is 205 cm³/mol. The van der Waals surface area contributed by atoms with Crippen LogP contribution in [0.3, 0.4) is 0 Å². The van der Waals surface area contributed by atoms with Crippen LogP contribution in [0.2, 0.25) is 0 Å². The summed E-state index contributed by atoms with van der Waals surface area (Å²) in [5.74, 6) is 2.38. The summed E-state index contributed by atoms with van der Waals surface area (Å²) in [5.41, 5.74) is 5.58. The molecule has 2 unspecified atom stereocenters. The molecule has 0 radical (unpaired) electrons. The van der Waals surface area contributed by atoms with E-state index in [1.54, 1.807) is 13.3 Å². The van der Waals surface area contributed by atoms with Crippen LogP contribution in [0.25, 0.3) is 11.1 Å². The molecule has 7 rings (SSSR count). The summed E-state index contributed by atoms with van der Waals surface area (Å²) in [5, 5.41) is 8.01. The number of nitrogens with zero attached hydrogens (tertiary/aromatic N) is 6. The van der Waals surface area contributed by atoms with Gasteiger partial charge in [-0.15, -0.1) is 0 Å². The zero-order chi connectivity index (χ0) is 34.3. The minimum Gasteiger partial charge on any atom is -0.494 e. The third-order valence-electron chi connectivity index (χ3n) is 10.4. The number of piperidine rings is 1. The molecule has 49 heavy (non-hydrogen) atoms. The van der Waals surface area contributed by atoms with E-state index >= 15 is 0 Å². The topological polar surface area (TPSA) is 90.8 Å². The monoisotopic (exact) mass is 746 g/mol. The van der Waals surface area contributed by atoms with Gasteiger partial charge in [0.15, 0.2) is 0 Å². The van der Waals surface area contributed by atoms with Crippen molar-refractivity contribution >= 4 is 51.5 Å². The number of rotatable bonds is 10. The highest BCUT2D eigenvalue weighted by atomic mass is 79.9. The van der Waals surface area contributed by atoms with Crippen LogP contribution in [0.15, 0.2) is 65.5 Å². The summed E-state index contributed by atoms with van der Waals surface area (Å²) in [4.78, 5) is 17.1. The Hall–Kier alpha value is -3.37. The van der Waals surface area contributed by atoms with Gasteiger partial charge in [-0.25, -0.2) is 4.98 Å². The fraction of sp³-hybridized carbons (Fsp3) is 0.459. The van der Waals surface area contributed by atoms with Crippen LogP contribution < -0.4 is 25.6 Å². The zero-order valence-corrected chi connectivity index (χ0v) is 31.7. The number of nitrogens with one attached hydrogen (secondary N) is 2. The number of hydrogen-bond donors (Lipinski definition) is 2. The standard InChI is InChI=1S/C37H48BrN8O2P/c1-43-16-18-45(19-17-43)27-11-14-46(15-12-27)34-22-35(48-3)33(21-30(34)26-10-13-44(2)24-26)41-37-39-23-31(38)36(42-37)40-32-20-29(32)25-6-8-28(9-7-25)49(4,5)47/h6-10,13,21-24,27,29,32H,11-12,14-20H2,1-5H3,(H2,39,40,41,42). The van der Waals surface area contributed by atoms with Gasteiger partial charge in [0.1, 0.15) is 18.7 Å². The fourth-order valence-corrected chi connectivity index (χ4v) is 8.45. The van der Waals surface area contributed by atoms with Crippen molar-refractivity contribution < 1.29 is 9.30 Å². The van der Waals surface area contributed by atoms with Crippen molar-refractivity contribution in [1.29, 1.82) is 0 Å². The highest BCUT2D eigenvalue weighted by Crippen LogP contribution is 2.45. The van der Waals surface area contributed by atoms with E-state index in [4.69, 9.17) is 9.72 Å². The van der Waals surface area contributed by atoms with Crippen molar-refractivity contribution in [3.63, 3.8) is 0 Å². The Morgan fingerprint density at radius 3 is 2.37 bits per heavy atom. The van der Waals surface area contributed by atoms with Gasteiger partial charge < -0.3 is 34.3 Å². The first kappa shape index (κ1) is 34.1. The predicted octanol–water partition coefficient (Wildman–Crippen LogP) is 6.43. The van der Waals surface area contributed by atoms with Crippen LogP contribution in [0.5, 0.6) is 5.75 Å². The minimum absolute atomic E-state index is 0.263. The number of ether oxygens (including phenoxy) is 1. The van der Waals surface area contributed by atoms with Crippen molar-refractivity contribution in [3.05, 3.63) is 71.1 Å². The maximum Gasteiger partial charge on any atom is 0.229 e. The summed E-state index contributed by atoms with van der Waals surface area (Å²) < 4.78 is 21.3. The quantitative estimate of drug-likeness (QED) is 0.178. The number of methoxy groups -OCH3 is 1. The lowest BCUT2D eigenvalue weighted by molar-refractivity contribution is 0.0982. The first-order valence-corrected chi connectivity index (χ1v) is 20.7. The highest BCUT2D eigenvalue weighted by Gasteiger charge is 2.39. The fourth-order valence-electron chi connectivity index (χ4n) is 7.28. The van der Waals surface area contributed by atoms with Crippen molar-refractivity contribution in [3.8, 4) is 16.9 Å². The van der Waals surface area contributed by atoms with Gasteiger partial charge in [0.2, 0.25) is 5.95 Å². The van der Waals surface area contributed by atoms with E-state index in [1.165, 1.54) is 11.3 Å². The number of benzene rings is 2.